The molecule has 1 amide bonds. The van der Waals surface area contributed by atoms with Crippen molar-refractivity contribution in [2.45, 2.75) is 57.4 Å². The van der Waals surface area contributed by atoms with Crippen molar-refractivity contribution in [3.05, 3.63) is 46.9 Å². The number of nitriles is 1. The van der Waals surface area contributed by atoms with Gasteiger partial charge in [0, 0.05) is 11.7 Å². The summed E-state index contributed by atoms with van der Waals surface area (Å²) in [6.45, 7) is 9.77. The molecule has 3 rings (SSSR count). The molecule has 0 saturated heterocycles. The molecule has 2 unspecified atom stereocenters. The summed E-state index contributed by atoms with van der Waals surface area (Å²) in [5.74, 6) is 0.790. The van der Waals surface area contributed by atoms with E-state index in [2.05, 4.69) is 29.0 Å². The van der Waals surface area contributed by atoms with Gasteiger partial charge >= 0.3 is 0 Å². The van der Waals surface area contributed by atoms with Crippen LogP contribution >= 0.6 is 11.8 Å². The number of benzene rings is 1. The normalized spacial score (nSPS) is 16.9. The highest BCUT2D eigenvalue weighted by Crippen LogP contribution is 2.37. The van der Waals surface area contributed by atoms with E-state index >= 15 is 0 Å². The van der Waals surface area contributed by atoms with Crippen LogP contribution in [0.1, 0.15) is 43.4 Å². The average molecular weight is 381 g/mol. The molecular formula is C21H24N4OS. The number of thioether (sulfide) groups is 1. The van der Waals surface area contributed by atoms with E-state index in [-0.39, 0.29) is 23.1 Å². The van der Waals surface area contributed by atoms with Gasteiger partial charge in [0.2, 0.25) is 5.91 Å². The molecule has 0 radical (unpaired) electrons. The van der Waals surface area contributed by atoms with Gasteiger partial charge < -0.3 is 4.90 Å². The highest BCUT2D eigenvalue weighted by atomic mass is 32.2. The number of carbonyl (C=O) groups excluding carboxylic acids is 1. The van der Waals surface area contributed by atoms with Crippen molar-refractivity contribution in [2.24, 2.45) is 5.92 Å². The number of fused-ring (bicyclic) bond motifs is 1. The molecule has 1 aromatic carbocycles. The molecule has 0 fully saturated rings. The fraction of sp³-hybridized carbons (Fsp3) is 0.429. The largest absolute Gasteiger partial charge is 0.308 e. The smallest absolute Gasteiger partial charge is 0.241 e. The third-order valence-corrected chi connectivity index (χ3v) is 6.33. The molecule has 1 aliphatic heterocycles. The topological polar surface area (TPSA) is 69.9 Å². The van der Waals surface area contributed by atoms with Gasteiger partial charge in [0.25, 0.3) is 0 Å². The van der Waals surface area contributed by atoms with Crippen LogP contribution < -0.4 is 4.90 Å². The molecule has 6 heteroatoms. The van der Waals surface area contributed by atoms with Crippen molar-refractivity contribution in [1.82, 2.24) is 9.97 Å². The second-order valence-electron chi connectivity index (χ2n) is 7.32. The molecule has 2 aromatic rings. The Morgan fingerprint density at radius 3 is 2.67 bits per heavy atom. The number of para-hydroxylation sites is 1. The number of carbonyl (C=O) groups is 1. The monoisotopic (exact) mass is 380 g/mol. The van der Waals surface area contributed by atoms with Crippen LogP contribution in [0.3, 0.4) is 0 Å². The number of anilines is 1. The zero-order valence-electron chi connectivity index (χ0n) is 16.4. The standard InChI is InChI=1S/C21H24N4OS/c1-12(2)19(27-20-17(11-22)14(4)23-15(5)24-20)21(26)25-13(3)10-16-8-6-7-9-18(16)25/h6-9,12-13,19H,10H2,1-5H3. The second kappa shape index (κ2) is 7.69. The van der Waals surface area contributed by atoms with Crippen LogP contribution in [-0.4, -0.2) is 27.2 Å². The first-order chi connectivity index (χ1) is 12.8. The molecular weight excluding hydrogens is 356 g/mol. The fourth-order valence-corrected chi connectivity index (χ4v) is 4.75. The molecule has 0 N–H and O–H groups in total. The lowest BCUT2D eigenvalue weighted by Crippen LogP contribution is -2.43. The van der Waals surface area contributed by atoms with E-state index in [0.29, 0.717) is 22.1 Å². The summed E-state index contributed by atoms with van der Waals surface area (Å²) >= 11 is 1.38. The van der Waals surface area contributed by atoms with Crippen molar-refractivity contribution < 1.29 is 4.79 Å². The van der Waals surface area contributed by atoms with Gasteiger partial charge in [-0.3, -0.25) is 4.79 Å². The van der Waals surface area contributed by atoms with E-state index in [9.17, 15) is 10.1 Å². The predicted octanol–water partition coefficient (Wildman–Crippen LogP) is 4.06. The van der Waals surface area contributed by atoms with E-state index in [4.69, 9.17) is 0 Å². The minimum Gasteiger partial charge on any atom is -0.308 e. The van der Waals surface area contributed by atoms with E-state index in [1.54, 1.807) is 0 Å². The zero-order chi connectivity index (χ0) is 19.7. The van der Waals surface area contributed by atoms with Crippen molar-refractivity contribution in [2.75, 3.05) is 4.90 Å². The molecule has 1 aromatic heterocycles. The molecule has 2 heterocycles. The highest BCUT2D eigenvalue weighted by molar-refractivity contribution is 8.00. The molecule has 0 spiro atoms. The highest BCUT2D eigenvalue weighted by Gasteiger charge is 2.37. The van der Waals surface area contributed by atoms with Gasteiger partial charge in [-0.05, 0) is 44.7 Å². The lowest BCUT2D eigenvalue weighted by atomic mass is 10.1. The quantitative estimate of drug-likeness (QED) is 0.591. The Labute approximate surface area is 164 Å². The van der Waals surface area contributed by atoms with Gasteiger partial charge in [-0.2, -0.15) is 5.26 Å². The van der Waals surface area contributed by atoms with E-state index in [1.807, 2.05) is 50.8 Å². The van der Waals surface area contributed by atoms with Gasteiger partial charge in [-0.15, -0.1) is 0 Å². The van der Waals surface area contributed by atoms with Crippen molar-refractivity contribution in [3.8, 4) is 6.07 Å². The maximum absolute atomic E-state index is 13.5. The molecule has 0 aliphatic carbocycles. The number of rotatable bonds is 4. The van der Waals surface area contributed by atoms with Gasteiger partial charge in [-0.1, -0.05) is 43.8 Å². The van der Waals surface area contributed by atoms with Crippen LogP contribution in [0.5, 0.6) is 0 Å². The van der Waals surface area contributed by atoms with Crippen LogP contribution in [0.4, 0.5) is 5.69 Å². The summed E-state index contributed by atoms with van der Waals surface area (Å²) in [5, 5.41) is 9.80. The number of hydrogen-bond donors (Lipinski definition) is 0. The molecule has 2 atom stereocenters. The van der Waals surface area contributed by atoms with Crippen molar-refractivity contribution in [3.63, 3.8) is 0 Å². The summed E-state index contributed by atoms with van der Waals surface area (Å²) in [6, 6.07) is 10.4. The summed E-state index contributed by atoms with van der Waals surface area (Å²) < 4.78 is 0. The Balaban J connectivity index is 1.96. The number of hydrogen-bond acceptors (Lipinski definition) is 5. The summed E-state index contributed by atoms with van der Waals surface area (Å²) in [4.78, 5) is 24.2. The van der Waals surface area contributed by atoms with Crippen LogP contribution in [0, 0.1) is 31.1 Å². The van der Waals surface area contributed by atoms with Gasteiger partial charge in [0.05, 0.1) is 10.9 Å². The zero-order valence-corrected chi connectivity index (χ0v) is 17.2. The minimum absolute atomic E-state index is 0.0743. The predicted molar refractivity (Wildman–Crippen MR) is 108 cm³/mol. The first-order valence-corrected chi connectivity index (χ1v) is 10.0. The van der Waals surface area contributed by atoms with Crippen LogP contribution in [0.15, 0.2) is 29.3 Å². The maximum Gasteiger partial charge on any atom is 0.241 e. The first kappa shape index (κ1) is 19.4. The number of aryl methyl sites for hydroxylation is 2. The lowest BCUT2D eigenvalue weighted by molar-refractivity contribution is -0.119. The second-order valence-corrected chi connectivity index (χ2v) is 8.45. The number of amides is 1. The summed E-state index contributed by atoms with van der Waals surface area (Å²) in [5.41, 5.74) is 3.32. The Morgan fingerprint density at radius 1 is 1.30 bits per heavy atom. The fourth-order valence-electron chi connectivity index (χ4n) is 3.53. The lowest BCUT2D eigenvalue weighted by Gasteiger charge is -2.29. The third kappa shape index (κ3) is 3.70. The Bertz CT molecular complexity index is 919. The van der Waals surface area contributed by atoms with Crippen molar-refractivity contribution >= 4 is 23.4 Å². The van der Waals surface area contributed by atoms with Gasteiger partial charge in [-0.25, -0.2) is 9.97 Å². The van der Waals surface area contributed by atoms with E-state index in [1.165, 1.54) is 17.3 Å². The Hall–Kier alpha value is -2.39. The maximum atomic E-state index is 13.5. The van der Waals surface area contributed by atoms with E-state index in [0.717, 1.165) is 12.1 Å². The van der Waals surface area contributed by atoms with Crippen LogP contribution in [0.2, 0.25) is 0 Å². The average Bonchev–Trinajstić information content (AvgIpc) is 2.94. The Kier molecular flexibility index (Phi) is 5.52. The molecule has 140 valence electrons. The summed E-state index contributed by atoms with van der Waals surface area (Å²) in [6.07, 6.45) is 0.868. The number of aromatic nitrogens is 2. The summed E-state index contributed by atoms with van der Waals surface area (Å²) in [7, 11) is 0. The minimum atomic E-state index is -0.320. The van der Waals surface area contributed by atoms with Gasteiger partial charge in [0.1, 0.15) is 22.5 Å². The number of nitrogens with zero attached hydrogens (tertiary/aromatic N) is 4. The first-order valence-electron chi connectivity index (χ1n) is 9.16. The van der Waals surface area contributed by atoms with Crippen LogP contribution in [-0.2, 0) is 11.2 Å². The molecule has 0 bridgehead atoms. The molecule has 27 heavy (non-hydrogen) atoms. The third-order valence-electron chi connectivity index (χ3n) is 4.81. The van der Waals surface area contributed by atoms with Gasteiger partial charge in [0.15, 0.2) is 0 Å². The molecule has 0 saturated carbocycles. The molecule has 1 aliphatic rings. The SMILES string of the molecule is Cc1nc(C)c(C#N)c(SC(C(=O)N2c3ccccc3CC2C)C(C)C)n1. The van der Waals surface area contributed by atoms with Crippen LogP contribution in [0.25, 0.3) is 0 Å². The van der Waals surface area contributed by atoms with E-state index < -0.39 is 0 Å². The Morgan fingerprint density at radius 2 is 2.00 bits per heavy atom. The van der Waals surface area contributed by atoms with Crippen molar-refractivity contribution in [1.29, 1.82) is 5.26 Å². The molecule has 5 nitrogen and oxygen atoms in total.